The lowest BCUT2D eigenvalue weighted by molar-refractivity contribution is -0.907. The summed E-state index contributed by atoms with van der Waals surface area (Å²) < 4.78 is 1.10. The maximum atomic E-state index is 12.4. The Morgan fingerprint density at radius 2 is 2.04 bits per heavy atom. The van der Waals surface area contributed by atoms with E-state index in [4.69, 9.17) is 0 Å². The predicted octanol–water partition coefficient (Wildman–Crippen LogP) is 2.76. The van der Waals surface area contributed by atoms with Crippen LogP contribution >= 0.6 is 27.3 Å². The van der Waals surface area contributed by atoms with E-state index in [-0.39, 0.29) is 17.7 Å². The van der Waals surface area contributed by atoms with Gasteiger partial charge in [-0.2, -0.15) is 0 Å². The quantitative estimate of drug-likeness (QED) is 0.738. The number of carbonyl (C=O) groups excluding carboxylic acids is 2. The summed E-state index contributed by atoms with van der Waals surface area (Å²) in [5, 5.41) is 2.89. The number of thiophene rings is 1. The second-order valence-corrected chi connectivity index (χ2v) is 8.12. The van der Waals surface area contributed by atoms with Crippen LogP contribution in [0.1, 0.15) is 29.1 Å². The topological polar surface area (TPSA) is 50.6 Å². The minimum atomic E-state index is -0.197. The van der Waals surface area contributed by atoms with Crippen LogP contribution in [0.4, 0.5) is 5.69 Å². The van der Waals surface area contributed by atoms with E-state index in [0.717, 1.165) is 15.2 Å². The summed E-state index contributed by atoms with van der Waals surface area (Å²) in [6.45, 7) is 4.21. The van der Waals surface area contributed by atoms with Crippen molar-refractivity contribution in [2.45, 2.75) is 26.4 Å². The average molecular weight is 396 g/mol. The molecule has 0 aliphatic carbocycles. The zero-order chi connectivity index (χ0) is 17.0. The molecule has 1 unspecified atom stereocenters. The summed E-state index contributed by atoms with van der Waals surface area (Å²) in [5.74, 6) is -0.0704. The number of benzene rings is 1. The molecule has 23 heavy (non-hydrogen) atoms. The van der Waals surface area contributed by atoms with Crippen LogP contribution in [0.25, 0.3) is 0 Å². The van der Waals surface area contributed by atoms with Gasteiger partial charge in [0.25, 0.3) is 5.91 Å². The number of nitrogens with one attached hydrogen (secondary N) is 2. The van der Waals surface area contributed by atoms with Gasteiger partial charge in [-0.25, -0.2) is 0 Å². The molecule has 1 aromatic heterocycles. The molecule has 0 aliphatic rings. The molecule has 2 atom stereocenters. The van der Waals surface area contributed by atoms with E-state index < -0.39 is 0 Å². The number of likely N-dealkylation sites (N-methyl/N-ethyl adjacent to an activating group) is 1. The molecule has 0 aliphatic heterocycles. The Morgan fingerprint density at radius 3 is 2.65 bits per heavy atom. The summed E-state index contributed by atoms with van der Waals surface area (Å²) in [4.78, 5) is 26.2. The molecule has 0 spiro atoms. The Balaban J connectivity index is 1.99. The van der Waals surface area contributed by atoms with Crippen molar-refractivity contribution in [3.63, 3.8) is 0 Å². The van der Waals surface area contributed by atoms with Gasteiger partial charge in [0.1, 0.15) is 6.54 Å². The fraction of sp³-hybridized carbons (Fsp3) is 0.294. The van der Waals surface area contributed by atoms with Crippen LogP contribution in [-0.2, 0) is 11.3 Å². The van der Waals surface area contributed by atoms with E-state index in [1.54, 1.807) is 35.6 Å². The molecule has 122 valence electrons. The number of hydrogen-bond acceptors (Lipinski definition) is 3. The highest BCUT2D eigenvalue weighted by atomic mass is 79.9. The highest BCUT2D eigenvalue weighted by Crippen LogP contribution is 2.21. The van der Waals surface area contributed by atoms with Crippen molar-refractivity contribution < 1.29 is 14.5 Å². The Morgan fingerprint density at radius 1 is 1.30 bits per heavy atom. The third kappa shape index (κ3) is 4.99. The Kier molecular flexibility index (Phi) is 6.10. The van der Waals surface area contributed by atoms with Gasteiger partial charge < -0.3 is 10.2 Å². The largest absolute Gasteiger partial charge is 0.323 e. The summed E-state index contributed by atoms with van der Waals surface area (Å²) in [7, 11) is 2.00. The molecule has 0 fully saturated rings. The van der Waals surface area contributed by atoms with Crippen molar-refractivity contribution in [2.24, 2.45) is 0 Å². The SMILES string of the molecule is CC(=O)c1cccc(NC(=O)[C@@H](C)[NH+](C)Cc2ccc(Br)s2)c1. The van der Waals surface area contributed by atoms with Crippen molar-refractivity contribution in [2.75, 3.05) is 12.4 Å². The van der Waals surface area contributed by atoms with E-state index >= 15 is 0 Å². The average Bonchev–Trinajstić information content (AvgIpc) is 2.91. The molecule has 0 bridgehead atoms. The second-order valence-electron chi connectivity index (χ2n) is 5.58. The van der Waals surface area contributed by atoms with E-state index in [1.807, 2.05) is 20.0 Å². The molecule has 4 nitrogen and oxygen atoms in total. The molecule has 2 N–H and O–H groups in total. The highest BCUT2D eigenvalue weighted by molar-refractivity contribution is 9.11. The second kappa shape index (κ2) is 7.86. The predicted molar refractivity (Wildman–Crippen MR) is 97.1 cm³/mol. The van der Waals surface area contributed by atoms with E-state index in [1.165, 1.54) is 11.8 Å². The summed E-state index contributed by atoms with van der Waals surface area (Å²) in [6.07, 6.45) is 0. The van der Waals surface area contributed by atoms with Gasteiger partial charge in [-0.05, 0) is 54.0 Å². The van der Waals surface area contributed by atoms with Crippen LogP contribution < -0.4 is 10.2 Å². The molecule has 0 saturated carbocycles. The number of ketones is 1. The molecule has 2 rings (SSSR count). The summed E-state index contributed by atoms with van der Waals surface area (Å²) >= 11 is 5.13. The number of Topliss-reactive ketones (excluding diaryl/α,β-unsaturated/α-hetero) is 1. The number of anilines is 1. The smallest absolute Gasteiger partial charge is 0.282 e. The fourth-order valence-corrected chi connectivity index (χ4v) is 3.74. The third-order valence-electron chi connectivity index (χ3n) is 3.75. The van der Waals surface area contributed by atoms with Crippen molar-refractivity contribution in [1.29, 1.82) is 0 Å². The zero-order valence-corrected chi connectivity index (χ0v) is 15.8. The van der Waals surface area contributed by atoms with Crippen LogP contribution in [0, 0.1) is 0 Å². The van der Waals surface area contributed by atoms with Crippen LogP contribution in [0.5, 0.6) is 0 Å². The number of carbonyl (C=O) groups is 2. The minimum absolute atomic E-state index is 0.0137. The van der Waals surface area contributed by atoms with Crippen LogP contribution in [0.3, 0.4) is 0 Å². The first-order valence-corrected chi connectivity index (χ1v) is 8.96. The minimum Gasteiger partial charge on any atom is -0.323 e. The van der Waals surface area contributed by atoms with E-state index in [9.17, 15) is 9.59 Å². The lowest BCUT2D eigenvalue weighted by atomic mass is 10.1. The first-order chi connectivity index (χ1) is 10.9. The normalized spacial score (nSPS) is 13.4. The van der Waals surface area contributed by atoms with Crippen molar-refractivity contribution in [3.8, 4) is 0 Å². The molecular weight excluding hydrogens is 376 g/mol. The number of amides is 1. The van der Waals surface area contributed by atoms with Crippen LogP contribution in [0.2, 0.25) is 0 Å². The van der Waals surface area contributed by atoms with Gasteiger partial charge in [-0.1, -0.05) is 12.1 Å². The van der Waals surface area contributed by atoms with Crippen LogP contribution in [0.15, 0.2) is 40.2 Å². The molecule has 0 radical (unpaired) electrons. The summed E-state index contributed by atoms with van der Waals surface area (Å²) in [5.41, 5.74) is 1.25. The molecular formula is C17H20BrN2O2S+. The Hall–Kier alpha value is -1.50. The van der Waals surface area contributed by atoms with Gasteiger partial charge in [-0.15, -0.1) is 11.3 Å². The maximum absolute atomic E-state index is 12.4. The number of halogens is 1. The first-order valence-electron chi connectivity index (χ1n) is 7.35. The zero-order valence-electron chi connectivity index (χ0n) is 13.4. The van der Waals surface area contributed by atoms with Gasteiger partial charge >= 0.3 is 0 Å². The van der Waals surface area contributed by atoms with Gasteiger partial charge in [0.05, 0.1) is 15.7 Å². The molecule has 2 aromatic rings. The molecule has 1 heterocycles. The number of rotatable bonds is 6. The van der Waals surface area contributed by atoms with E-state index in [2.05, 4.69) is 27.3 Å². The van der Waals surface area contributed by atoms with Gasteiger partial charge in [0.2, 0.25) is 0 Å². The lowest BCUT2D eigenvalue weighted by Crippen LogP contribution is -3.12. The van der Waals surface area contributed by atoms with Crippen LogP contribution in [-0.4, -0.2) is 24.8 Å². The Labute approximate surface area is 148 Å². The van der Waals surface area contributed by atoms with Crippen molar-refractivity contribution in [3.05, 3.63) is 50.6 Å². The monoisotopic (exact) mass is 395 g/mol. The molecule has 1 amide bonds. The van der Waals surface area contributed by atoms with Crippen molar-refractivity contribution in [1.82, 2.24) is 0 Å². The number of quaternary nitrogens is 1. The van der Waals surface area contributed by atoms with Crippen molar-refractivity contribution >= 4 is 44.6 Å². The molecule has 0 saturated heterocycles. The third-order valence-corrected chi connectivity index (χ3v) is 5.37. The Bertz CT molecular complexity index is 714. The van der Waals surface area contributed by atoms with Gasteiger partial charge in [0.15, 0.2) is 11.8 Å². The first kappa shape index (κ1) is 17.8. The summed E-state index contributed by atoms with van der Waals surface area (Å²) in [6, 6.07) is 10.9. The molecule has 1 aromatic carbocycles. The highest BCUT2D eigenvalue weighted by Gasteiger charge is 2.22. The number of hydrogen-bond donors (Lipinski definition) is 2. The standard InChI is InChI=1S/C17H19BrN2O2S/c1-11(20(3)10-15-7-8-16(18)23-15)17(22)19-14-6-4-5-13(9-14)12(2)21/h4-9,11H,10H2,1-3H3,(H,19,22)/p+1/t11-/m1/s1. The maximum Gasteiger partial charge on any atom is 0.282 e. The van der Waals surface area contributed by atoms with E-state index in [0.29, 0.717) is 11.3 Å². The van der Waals surface area contributed by atoms with Gasteiger partial charge in [0, 0.05) is 11.3 Å². The molecule has 6 heteroatoms. The lowest BCUT2D eigenvalue weighted by Gasteiger charge is -2.20. The fourth-order valence-electron chi connectivity index (χ4n) is 2.16. The van der Waals surface area contributed by atoms with Gasteiger partial charge in [-0.3, -0.25) is 9.59 Å².